The van der Waals surface area contributed by atoms with Gasteiger partial charge in [0.1, 0.15) is 0 Å². The predicted octanol–water partition coefficient (Wildman–Crippen LogP) is -0.124. The van der Waals surface area contributed by atoms with Gasteiger partial charge in [-0.25, -0.2) is 0 Å². The van der Waals surface area contributed by atoms with Crippen molar-refractivity contribution in [3.05, 3.63) is 0 Å². The number of carbonyl (C=O) groups excluding carboxylic acids is 1. The molecule has 1 amide bonds. The van der Waals surface area contributed by atoms with Crippen molar-refractivity contribution in [3.63, 3.8) is 0 Å². The van der Waals surface area contributed by atoms with Crippen LogP contribution in [0.25, 0.3) is 0 Å². The second-order valence-electron chi connectivity index (χ2n) is 3.73. The summed E-state index contributed by atoms with van der Waals surface area (Å²) in [4.78, 5) is 11.1. The van der Waals surface area contributed by atoms with Gasteiger partial charge >= 0.3 is 5.92 Å². The Bertz CT molecular complexity index is 227. The zero-order chi connectivity index (χ0) is 10.8. The summed E-state index contributed by atoms with van der Waals surface area (Å²) in [5, 5.41) is 2.25. The van der Waals surface area contributed by atoms with Crippen LogP contribution >= 0.6 is 0 Å². The smallest absolute Gasteiger partial charge is 0.336 e. The molecule has 3 N–H and O–H groups in total. The van der Waals surface area contributed by atoms with Crippen molar-refractivity contribution in [2.24, 2.45) is 5.73 Å². The molecule has 4 nitrogen and oxygen atoms in total. The monoisotopic (exact) mass is 208 g/mol. The second kappa shape index (κ2) is 3.78. The van der Waals surface area contributed by atoms with E-state index in [4.69, 9.17) is 10.5 Å². The Kier molecular flexibility index (Phi) is 3.06. The van der Waals surface area contributed by atoms with E-state index in [0.717, 1.165) is 0 Å². The van der Waals surface area contributed by atoms with Crippen LogP contribution < -0.4 is 11.1 Å². The number of rotatable bonds is 3. The molecular weight excluding hydrogens is 194 g/mol. The van der Waals surface area contributed by atoms with Crippen LogP contribution in [-0.4, -0.2) is 37.1 Å². The third-order valence-corrected chi connectivity index (χ3v) is 2.22. The zero-order valence-electron chi connectivity index (χ0n) is 7.98. The van der Waals surface area contributed by atoms with Gasteiger partial charge in [0.05, 0.1) is 18.7 Å². The van der Waals surface area contributed by atoms with Crippen LogP contribution in [0.1, 0.15) is 13.3 Å². The lowest BCUT2D eigenvalue weighted by Crippen LogP contribution is -2.54. The highest BCUT2D eigenvalue weighted by Gasteiger charge is 2.42. The Labute approximate surface area is 80.8 Å². The molecule has 0 aromatic rings. The van der Waals surface area contributed by atoms with Gasteiger partial charge in [-0.15, -0.1) is 0 Å². The normalized spacial score (nSPS) is 27.7. The Morgan fingerprint density at radius 1 is 1.71 bits per heavy atom. The first-order chi connectivity index (χ1) is 6.40. The summed E-state index contributed by atoms with van der Waals surface area (Å²) in [6, 6.07) is 0. The molecule has 1 rings (SSSR count). The Hall–Kier alpha value is -0.750. The lowest BCUT2D eigenvalue weighted by Gasteiger charge is -2.26. The number of halogens is 2. The third kappa shape index (κ3) is 2.39. The highest BCUT2D eigenvalue weighted by Crippen LogP contribution is 2.20. The largest absolute Gasteiger partial charge is 0.379 e. The van der Waals surface area contributed by atoms with E-state index in [9.17, 15) is 13.6 Å². The maximum absolute atomic E-state index is 12.8. The first-order valence-electron chi connectivity index (χ1n) is 4.38. The Balaban J connectivity index is 2.55. The molecule has 0 bridgehead atoms. The second-order valence-corrected chi connectivity index (χ2v) is 3.73. The van der Waals surface area contributed by atoms with E-state index >= 15 is 0 Å². The van der Waals surface area contributed by atoms with Crippen molar-refractivity contribution in [1.29, 1.82) is 0 Å². The molecule has 1 atom stereocenters. The van der Waals surface area contributed by atoms with Crippen molar-refractivity contribution < 1.29 is 18.3 Å². The Morgan fingerprint density at radius 2 is 2.36 bits per heavy atom. The highest BCUT2D eigenvalue weighted by atomic mass is 19.3. The van der Waals surface area contributed by atoms with Gasteiger partial charge in [-0.2, -0.15) is 8.78 Å². The first kappa shape index (κ1) is 11.3. The molecule has 0 spiro atoms. The summed E-state index contributed by atoms with van der Waals surface area (Å²) < 4.78 is 30.6. The number of ether oxygens (including phenoxy) is 1. The van der Waals surface area contributed by atoms with E-state index in [2.05, 4.69) is 5.32 Å². The fraction of sp³-hybridized carbons (Fsp3) is 0.875. The van der Waals surface area contributed by atoms with Crippen molar-refractivity contribution in [3.8, 4) is 0 Å². The standard InChI is InChI=1S/C8H14F2N2O2/c1-7(2-3-14-5-7)12-6(13)8(9,10)4-11/h2-5,11H2,1H3,(H,12,13). The summed E-state index contributed by atoms with van der Waals surface area (Å²) in [5.41, 5.74) is 4.10. The summed E-state index contributed by atoms with van der Waals surface area (Å²) in [7, 11) is 0. The van der Waals surface area contributed by atoms with E-state index in [1.54, 1.807) is 6.92 Å². The molecular formula is C8H14F2N2O2. The third-order valence-electron chi connectivity index (χ3n) is 2.22. The quantitative estimate of drug-likeness (QED) is 0.679. The van der Waals surface area contributed by atoms with Gasteiger partial charge in [0, 0.05) is 6.61 Å². The van der Waals surface area contributed by atoms with E-state index in [0.29, 0.717) is 13.0 Å². The van der Waals surface area contributed by atoms with Gasteiger partial charge in [0.2, 0.25) is 0 Å². The maximum atomic E-state index is 12.8. The number of carbonyl (C=O) groups is 1. The number of nitrogens with two attached hydrogens (primary N) is 1. The molecule has 0 radical (unpaired) electrons. The van der Waals surface area contributed by atoms with E-state index in [1.807, 2.05) is 0 Å². The van der Waals surface area contributed by atoms with Crippen molar-refractivity contribution in [1.82, 2.24) is 5.32 Å². The minimum atomic E-state index is -3.49. The average Bonchev–Trinajstić information content (AvgIpc) is 2.52. The summed E-state index contributed by atoms with van der Waals surface area (Å²) in [6.45, 7) is 1.44. The molecule has 1 unspecified atom stereocenters. The van der Waals surface area contributed by atoms with Crippen LogP contribution in [-0.2, 0) is 9.53 Å². The molecule has 1 fully saturated rings. The van der Waals surface area contributed by atoms with Gasteiger partial charge < -0.3 is 15.8 Å². The first-order valence-corrected chi connectivity index (χ1v) is 4.38. The van der Waals surface area contributed by atoms with Crippen molar-refractivity contribution >= 4 is 5.91 Å². The van der Waals surface area contributed by atoms with Crippen molar-refractivity contribution in [2.75, 3.05) is 19.8 Å². The van der Waals surface area contributed by atoms with Gasteiger partial charge in [-0.05, 0) is 13.3 Å². The molecule has 14 heavy (non-hydrogen) atoms. The number of amides is 1. The van der Waals surface area contributed by atoms with Crippen LogP contribution in [0, 0.1) is 0 Å². The molecule has 1 heterocycles. The molecule has 1 saturated heterocycles. The molecule has 82 valence electrons. The molecule has 0 aromatic heterocycles. The van der Waals surface area contributed by atoms with Gasteiger partial charge in [-0.3, -0.25) is 4.79 Å². The Morgan fingerprint density at radius 3 is 2.79 bits per heavy atom. The maximum Gasteiger partial charge on any atom is 0.336 e. The van der Waals surface area contributed by atoms with Gasteiger partial charge in [0.25, 0.3) is 5.91 Å². The molecule has 1 aliphatic rings. The van der Waals surface area contributed by atoms with Crippen LogP contribution in [0.15, 0.2) is 0 Å². The molecule has 0 aromatic carbocycles. The van der Waals surface area contributed by atoms with E-state index < -0.39 is 23.9 Å². The molecule has 0 aliphatic carbocycles. The van der Waals surface area contributed by atoms with Crippen LogP contribution in [0.3, 0.4) is 0 Å². The van der Waals surface area contributed by atoms with Crippen LogP contribution in [0.2, 0.25) is 0 Å². The molecule has 0 saturated carbocycles. The minimum absolute atomic E-state index is 0.263. The lowest BCUT2D eigenvalue weighted by molar-refractivity contribution is -0.146. The minimum Gasteiger partial charge on any atom is -0.379 e. The van der Waals surface area contributed by atoms with Crippen molar-refractivity contribution in [2.45, 2.75) is 24.8 Å². The van der Waals surface area contributed by atoms with E-state index in [-0.39, 0.29) is 6.61 Å². The topological polar surface area (TPSA) is 64.4 Å². The molecule has 6 heteroatoms. The SMILES string of the molecule is CC1(NC(=O)C(F)(F)CN)CCOC1. The predicted molar refractivity (Wildman–Crippen MR) is 46.0 cm³/mol. The lowest BCUT2D eigenvalue weighted by atomic mass is 10.0. The number of hydrogen-bond donors (Lipinski definition) is 2. The van der Waals surface area contributed by atoms with Crippen LogP contribution in [0.5, 0.6) is 0 Å². The van der Waals surface area contributed by atoms with Crippen LogP contribution in [0.4, 0.5) is 8.78 Å². The van der Waals surface area contributed by atoms with Gasteiger partial charge in [-0.1, -0.05) is 0 Å². The highest BCUT2D eigenvalue weighted by molar-refractivity contribution is 5.84. The number of hydrogen-bond acceptors (Lipinski definition) is 3. The number of alkyl halides is 2. The zero-order valence-corrected chi connectivity index (χ0v) is 7.98. The average molecular weight is 208 g/mol. The fourth-order valence-corrected chi connectivity index (χ4v) is 1.22. The molecule has 1 aliphatic heterocycles. The number of nitrogens with one attached hydrogen (secondary N) is 1. The summed E-state index contributed by atoms with van der Waals surface area (Å²) >= 11 is 0. The summed E-state index contributed by atoms with van der Waals surface area (Å²) in [5.74, 6) is -4.82. The fourth-order valence-electron chi connectivity index (χ4n) is 1.22. The van der Waals surface area contributed by atoms with E-state index in [1.165, 1.54) is 0 Å². The summed E-state index contributed by atoms with van der Waals surface area (Å²) in [6.07, 6.45) is 0.541. The van der Waals surface area contributed by atoms with Gasteiger partial charge in [0.15, 0.2) is 0 Å².